The van der Waals surface area contributed by atoms with Crippen molar-refractivity contribution in [2.75, 3.05) is 18.9 Å². The van der Waals surface area contributed by atoms with E-state index in [-0.39, 0.29) is 17.7 Å². The molecule has 19 heavy (non-hydrogen) atoms. The zero-order valence-corrected chi connectivity index (χ0v) is 11.0. The van der Waals surface area contributed by atoms with Crippen LogP contribution in [-0.2, 0) is 4.74 Å². The normalized spacial score (nSPS) is 22.4. The number of nitrogens with one attached hydrogen (secondary N) is 1. The van der Waals surface area contributed by atoms with Gasteiger partial charge < -0.3 is 15.8 Å². The average Bonchev–Trinajstić information content (AvgIpc) is 2.86. The molecule has 0 aromatic heterocycles. The van der Waals surface area contributed by atoms with E-state index in [4.69, 9.17) is 10.5 Å². The van der Waals surface area contributed by atoms with Gasteiger partial charge >= 0.3 is 0 Å². The van der Waals surface area contributed by atoms with Gasteiger partial charge in [0, 0.05) is 24.6 Å². The Labute approximate surface area is 112 Å². The molecule has 1 aliphatic rings. The van der Waals surface area contributed by atoms with E-state index >= 15 is 0 Å². The van der Waals surface area contributed by atoms with Crippen LogP contribution in [0.15, 0.2) is 18.2 Å². The molecule has 0 bridgehead atoms. The zero-order valence-electron chi connectivity index (χ0n) is 11.0. The van der Waals surface area contributed by atoms with Gasteiger partial charge in [0.1, 0.15) is 5.82 Å². The second-order valence-electron chi connectivity index (χ2n) is 4.81. The second-order valence-corrected chi connectivity index (χ2v) is 4.81. The van der Waals surface area contributed by atoms with Crippen molar-refractivity contribution in [3.63, 3.8) is 0 Å². The monoisotopic (exact) mass is 266 g/mol. The van der Waals surface area contributed by atoms with Crippen LogP contribution in [0.25, 0.3) is 0 Å². The van der Waals surface area contributed by atoms with Crippen LogP contribution in [0.2, 0.25) is 0 Å². The molecule has 2 rings (SSSR count). The molecule has 1 aromatic carbocycles. The summed E-state index contributed by atoms with van der Waals surface area (Å²) in [5.74, 6) is -0.382. The van der Waals surface area contributed by atoms with Crippen molar-refractivity contribution in [2.45, 2.75) is 25.9 Å². The molecule has 1 saturated heterocycles. The van der Waals surface area contributed by atoms with Crippen molar-refractivity contribution < 1.29 is 13.9 Å². The van der Waals surface area contributed by atoms with Crippen LogP contribution in [0.1, 0.15) is 30.1 Å². The zero-order chi connectivity index (χ0) is 13.8. The van der Waals surface area contributed by atoms with E-state index in [1.807, 2.05) is 0 Å². The topological polar surface area (TPSA) is 64.3 Å². The van der Waals surface area contributed by atoms with E-state index in [1.54, 1.807) is 0 Å². The molecule has 1 heterocycles. The molecular formula is C14H19FN2O2. The molecule has 1 aromatic rings. The SMILES string of the molecule is CCC1OCCC1CNC(=O)c1ccc(F)c(N)c1. The maximum absolute atomic E-state index is 13.0. The summed E-state index contributed by atoms with van der Waals surface area (Å²) in [4.78, 5) is 11.9. The quantitative estimate of drug-likeness (QED) is 0.819. The number of hydrogen-bond acceptors (Lipinski definition) is 3. The predicted octanol–water partition coefficient (Wildman–Crippen LogP) is 1.95. The standard InChI is InChI=1S/C14H19FN2O2/c1-2-13-10(5-6-19-13)8-17-14(18)9-3-4-11(15)12(16)7-9/h3-4,7,10,13H,2,5-6,8,16H2,1H3,(H,17,18). The fourth-order valence-corrected chi connectivity index (χ4v) is 2.39. The van der Waals surface area contributed by atoms with Crippen LogP contribution >= 0.6 is 0 Å². The highest BCUT2D eigenvalue weighted by atomic mass is 19.1. The number of anilines is 1. The van der Waals surface area contributed by atoms with Gasteiger partial charge in [0.2, 0.25) is 0 Å². The minimum Gasteiger partial charge on any atom is -0.396 e. The van der Waals surface area contributed by atoms with E-state index in [2.05, 4.69) is 12.2 Å². The van der Waals surface area contributed by atoms with Gasteiger partial charge in [0.25, 0.3) is 5.91 Å². The first kappa shape index (κ1) is 13.8. The Balaban J connectivity index is 1.92. The molecule has 1 amide bonds. The second kappa shape index (κ2) is 6.02. The summed E-state index contributed by atoms with van der Waals surface area (Å²) in [6, 6.07) is 3.99. The molecule has 104 valence electrons. The molecule has 4 nitrogen and oxygen atoms in total. The highest BCUT2D eigenvalue weighted by Gasteiger charge is 2.26. The molecule has 5 heteroatoms. The minimum absolute atomic E-state index is 0.0108. The lowest BCUT2D eigenvalue weighted by Crippen LogP contribution is -2.32. The number of carbonyl (C=O) groups excluding carboxylic acids is 1. The summed E-state index contributed by atoms with van der Waals surface area (Å²) in [7, 11) is 0. The van der Waals surface area contributed by atoms with Crippen molar-refractivity contribution in [3.8, 4) is 0 Å². The fourth-order valence-electron chi connectivity index (χ4n) is 2.39. The summed E-state index contributed by atoms with van der Waals surface area (Å²) in [6.45, 7) is 3.41. The molecule has 3 N–H and O–H groups in total. The number of ether oxygens (including phenoxy) is 1. The highest BCUT2D eigenvalue weighted by molar-refractivity contribution is 5.95. The van der Waals surface area contributed by atoms with Crippen LogP contribution in [0.5, 0.6) is 0 Å². The smallest absolute Gasteiger partial charge is 0.251 e. The molecule has 2 unspecified atom stereocenters. The van der Waals surface area contributed by atoms with Crippen LogP contribution in [0.3, 0.4) is 0 Å². The maximum atomic E-state index is 13.0. The van der Waals surface area contributed by atoms with E-state index in [9.17, 15) is 9.18 Å². The Morgan fingerprint density at radius 3 is 3.05 bits per heavy atom. The Kier molecular flexibility index (Phi) is 4.37. The van der Waals surface area contributed by atoms with Crippen molar-refractivity contribution in [3.05, 3.63) is 29.6 Å². The summed E-state index contributed by atoms with van der Waals surface area (Å²) < 4.78 is 18.6. The third kappa shape index (κ3) is 3.23. The third-order valence-electron chi connectivity index (χ3n) is 3.53. The number of halogens is 1. The number of benzene rings is 1. The summed E-state index contributed by atoms with van der Waals surface area (Å²) in [5.41, 5.74) is 5.81. The number of rotatable bonds is 4. The lowest BCUT2D eigenvalue weighted by molar-refractivity contribution is 0.0827. The predicted molar refractivity (Wildman–Crippen MR) is 71.3 cm³/mol. The van der Waals surface area contributed by atoms with Gasteiger partial charge in [-0.1, -0.05) is 6.92 Å². The van der Waals surface area contributed by atoms with E-state index < -0.39 is 5.82 Å². The number of nitrogens with two attached hydrogens (primary N) is 1. The number of nitrogen functional groups attached to an aromatic ring is 1. The summed E-state index contributed by atoms with van der Waals surface area (Å²) in [6.07, 6.45) is 2.13. The van der Waals surface area contributed by atoms with E-state index in [1.165, 1.54) is 18.2 Å². The Hall–Kier alpha value is -1.62. The van der Waals surface area contributed by atoms with Crippen molar-refractivity contribution in [1.82, 2.24) is 5.32 Å². The Bertz CT molecular complexity index is 465. The molecule has 2 atom stereocenters. The Morgan fingerprint density at radius 1 is 1.58 bits per heavy atom. The molecule has 0 radical (unpaired) electrons. The van der Waals surface area contributed by atoms with E-state index in [0.29, 0.717) is 18.0 Å². The number of carbonyl (C=O) groups is 1. The molecule has 0 spiro atoms. The fraction of sp³-hybridized carbons (Fsp3) is 0.500. The van der Waals surface area contributed by atoms with Crippen LogP contribution in [0.4, 0.5) is 10.1 Å². The molecule has 1 fully saturated rings. The van der Waals surface area contributed by atoms with Crippen LogP contribution in [-0.4, -0.2) is 25.2 Å². The van der Waals surface area contributed by atoms with Crippen molar-refractivity contribution in [1.29, 1.82) is 0 Å². The van der Waals surface area contributed by atoms with Gasteiger partial charge in [-0.3, -0.25) is 4.79 Å². The first-order chi connectivity index (χ1) is 9.11. The number of amides is 1. The first-order valence-corrected chi connectivity index (χ1v) is 6.56. The summed E-state index contributed by atoms with van der Waals surface area (Å²) in [5, 5.41) is 2.85. The number of hydrogen-bond donors (Lipinski definition) is 2. The molecule has 0 aliphatic carbocycles. The molecule has 0 saturated carbocycles. The largest absolute Gasteiger partial charge is 0.396 e. The van der Waals surface area contributed by atoms with E-state index in [0.717, 1.165) is 19.4 Å². The van der Waals surface area contributed by atoms with Gasteiger partial charge in [0.05, 0.1) is 11.8 Å². The average molecular weight is 266 g/mol. The van der Waals surface area contributed by atoms with Gasteiger partial charge in [-0.25, -0.2) is 4.39 Å². The van der Waals surface area contributed by atoms with Gasteiger partial charge in [0.15, 0.2) is 0 Å². The third-order valence-corrected chi connectivity index (χ3v) is 3.53. The minimum atomic E-state index is -0.508. The lowest BCUT2D eigenvalue weighted by Gasteiger charge is -2.17. The molecular weight excluding hydrogens is 247 g/mol. The maximum Gasteiger partial charge on any atom is 0.251 e. The first-order valence-electron chi connectivity index (χ1n) is 6.56. The lowest BCUT2D eigenvalue weighted by atomic mass is 9.99. The summed E-state index contributed by atoms with van der Waals surface area (Å²) >= 11 is 0. The van der Waals surface area contributed by atoms with Crippen LogP contribution in [0, 0.1) is 11.7 Å². The highest BCUT2D eigenvalue weighted by Crippen LogP contribution is 2.22. The van der Waals surface area contributed by atoms with Crippen molar-refractivity contribution >= 4 is 11.6 Å². The van der Waals surface area contributed by atoms with Crippen LogP contribution < -0.4 is 11.1 Å². The van der Waals surface area contributed by atoms with Gasteiger partial charge in [-0.05, 0) is 31.0 Å². The van der Waals surface area contributed by atoms with Crippen molar-refractivity contribution in [2.24, 2.45) is 5.92 Å². The Morgan fingerprint density at radius 2 is 2.37 bits per heavy atom. The molecule has 1 aliphatic heterocycles. The van der Waals surface area contributed by atoms with Gasteiger partial charge in [-0.15, -0.1) is 0 Å². The van der Waals surface area contributed by atoms with Gasteiger partial charge in [-0.2, -0.15) is 0 Å².